The first-order valence-electron chi connectivity index (χ1n) is 8.78. The number of carbonyl (C=O) groups excluding carboxylic acids is 2. The van der Waals surface area contributed by atoms with E-state index in [0.717, 1.165) is 10.2 Å². The van der Waals surface area contributed by atoms with Gasteiger partial charge in [0.15, 0.2) is 11.6 Å². The van der Waals surface area contributed by atoms with E-state index in [0.29, 0.717) is 10.6 Å². The van der Waals surface area contributed by atoms with Gasteiger partial charge >= 0.3 is 0 Å². The fourth-order valence-electron chi connectivity index (χ4n) is 3.04. The van der Waals surface area contributed by atoms with Crippen molar-refractivity contribution in [3.63, 3.8) is 0 Å². The molecular weight excluding hydrogens is 388 g/mol. The van der Waals surface area contributed by atoms with Gasteiger partial charge in [0.05, 0.1) is 15.1 Å². The molecule has 0 bridgehead atoms. The van der Waals surface area contributed by atoms with Crippen LogP contribution < -0.4 is 0 Å². The van der Waals surface area contributed by atoms with Crippen molar-refractivity contribution >= 4 is 38.8 Å². The monoisotopic (exact) mass is 402 g/mol. The highest BCUT2D eigenvalue weighted by atomic mass is 32.1. The maximum Gasteiger partial charge on any atom is 0.269 e. The van der Waals surface area contributed by atoms with Crippen LogP contribution in [0.15, 0.2) is 78.9 Å². The molecule has 1 unspecified atom stereocenters. The van der Waals surface area contributed by atoms with E-state index in [-0.39, 0.29) is 17.0 Å². The predicted molar refractivity (Wildman–Crippen MR) is 111 cm³/mol. The van der Waals surface area contributed by atoms with Crippen LogP contribution in [-0.4, -0.2) is 21.5 Å². The van der Waals surface area contributed by atoms with Crippen LogP contribution in [0.4, 0.5) is 5.69 Å². The van der Waals surface area contributed by atoms with Crippen molar-refractivity contribution in [3.05, 3.63) is 105 Å². The summed E-state index contributed by atoms with van der Waals surface area (Å²) in [6.07, 6.45) is 0. The number of nitro benzene ring substituents is 1. The molecule has 3 aromatic carbocycles. The number of nitrogens with zero attached hydrogens (tertiary/aromatic N) is 2. The topological polar surface area (TPSA) is 90.2 Å². The lowest BCUT2D eigenvalue weighted by atomic mass is 9.90. The number of ketones is 2. The van der Waals surface area contributed by atoms with E-state index in [9.17, 15) is 19.7 Å². The summed E-state index contributed by atoms with van der Waals surface area (Å²) >= 11 is 1.30. The molecule has 4 rings (SSSR count). The molecule has 6 nitrogen and oxygen atoms in total. The molecule has 1 heterocycles. The molecule has 142 valence electrons. The number of aromatic nitrogens is 1. The van der Waals surface area contributed by atoms with Crippen LogP contribution in [0, 0.1) is 10.1 Å². The third kappa shape index (κ3) is 3.68. The van der Waals surface area contributed by atoms with Gasteiger partial charge in [0.25, 0.3) is 5.69 Å². The molecule has 0 radical (unpaired) electrons. The van der Waals surface area contributed by atoms with Crippen LogP contribution in [0.3, 0.4) is 0 Å². The number of thiazole rings is 1. The second kappa shape index (κ2) is 7.73. The Morgan fingerprint density at radius 1 is 0.828 bits per heavy atom. The molecule has 0 fully saturated rings. The average molecular weight is 402 g/mol. The van der Waals surface area contributed by atoms with Crippen LogP contribution in [0.5, 0.6) is 0 Å². The first kappa shape index (κ1) is 18.6. The fourth-order valence-corrected chi connectivity index (χ4v) is 4.11. The Labute approximate surface area is 169 Å². The fraction of sp³-hybridized carbons (Fsp3) is 0.0455. The summed E-state index contributed by atoms with van der Waals surface area (Å²) in [4.78, 5) is 41.4. The Bertz CT molecular complexity index is 1180. The summed E-state index contributed by atoms with van der Waals surface area (Å²) in [5, 5.41) is 11.3. The van der Waals surface area contributed by atoms with E-state index >= 15 is 0 Å². The molecule has 0 spiro atoms. The van der Waals surface area contributed by atoms with Gasteiger partial charge in [-0.2, -0.15) is 0 Å². The molecule has 0 saturated carbocycles. The van der Waals surface area contributed by atoms with Crippen LogP contribution in [0.25, 0.3) is 10.2 Å². The SMILES string of the molecule is O=C(c1ccccc1)C(C(=O)c1ccc([N+](=O)[O-])cc1)c1nc2ccccc2s1. The standard InChI is InChI=1S/C22H14N2O4S/c25-20(14-6-2-1-3-7-14)19(22-23-17-8-4-5-9-18(17)29-22)21(26)15-10-12-16(13-11-15)24(27)28/h1-13,19H. The highest BCUT2D eigenvalue weighted by Crippen LogP contribution is 2.32. The highest BCUT2D eigenvalue weighted by molar-refractivity contribution is 7.18. The second-order valence-electron chi connectivity index (χ2n) is 6.35. The van der Waals surface area contributed by atoms with E-state index < -0.39 is 16.6 Å². The number of benzene rings is 3. The van der Waals surface area contributed by atoms with Gasteiger partial charge in [-0.3, -0.25) is 19.7 Å². The van der Waals surface area contributed by atoms with Crippen molar-refractivity contribution < 1.29 is 14.5 Å². The summed E-state index contributed by atoms with van der Waals surface area (Å²) in [7, 11) is 0. The summed E-state index contributed by atoms with van der Waals surface area (Å²) in [5.74, 6) is -1.91. The van der Waals surface area contributed by atoms with E-state index in [2.05, 4.69) is 4.98 Å². The number of nitro groups is 1. The molecule has 4 aromatic rings. The van der Waals surface area contributed by atoms with Gasteiger partial charge in [-0.1, -0.05) is 42.5 Å². The van der Waals surface area contributed by atoms with E-state index in [1.807, 2.05) is 24.3 Å². The van der Waals surface area contributed by atoms with Gasteiger partial charge in [-0.05, 0) is 24.3 Å². The average Bonchev–Trinajstić information content (AvgIpc) is 3.18. The molecular formula is C22H14N2O4S. The Morgan fingerprint density at radius 3 is 2.03 bits per heavy atom. The first-order chi connectivity index (χ1) is 14.0. The summed E-state index contributed by atoms with van der Waals surface area (Å²) in [6, 6.07) is 21.3. The number of Topliss-reactive ketones (excluding diaryl/α,β-unsaturated/α-hetero) is 2. The van der Waals surface area contributed by atoms with Crippen molar-refractivity contribution in [2.75, 3.05) is 0 Å². The maximum absolute atomic E-state index is 13.3. The van der Waals surface area contributed by atoms with Crippen molar-refractivity contribution in [1.82, 2.24) is 4.98 Å². The minimum atomic E-state index is -1.11. The van der Waals surface area contributed by atoms with Crippen LogP contribution in [-0.2, 0) is 0 Å². The molecule has 7 heteroatoms. The van der Waals surface area contributed by atoms with Crippen LogP contribution in [0.1, 0.15) is 31.6 Å². The van der Waals surface area contributed by atoms with Crippen molar-refractivity contribution in [2.24, 2.45) is 0 Å². The smallest absolute Gasteiger partial charge is 0.269 e. The number of hydrogen-bond acceptors (Lipinski definition) is 6. The van der Waals surface area contributed by atoms with Gasteiger partial charge < -0.3 is 0 Å². The largest absolute Gasteiger partial charge is 0.293 e. The zero-order valence-electron chi connectivity index (χ0n) is 15.0. The minimum absolute atomic E-state index is 0.118. The number of fused-ring (bicyclic) bond motifs is 1. The van der Waals surface area contributed by atoms with Gasteiger partial charge in [-0.15, -0.1) is 11.3 Å². The molecule has 0 aliphatic heterocycles. The second-order valence-corrected chi connectivity index (χ2v) is 7.41. The van der Waals surface area contributed by atoms with Crippen LogP contribution in [0.2, 0.25) is 0 Å². The summed E-state index contributed by atoms with van der Waals surface area (Å²) < 4.78 is 0.880. The van der Waals surface area contributed by atoms with Crippen molar-refractivity contribution in [1.29, 1.82) is 0 Å². The van der Waals surface area contributed by atoms with Gasteiger partial charge in [0.1, 0.15) is 10.9 Å². The van der Waals surface area contributed by atoms with E-state index in [1.54, 1.807) is 30.3 Å². The zero-order chi connectivity index (χ0) is 20.4. The Balaban J connectivity index is 1.80. The molecule has 0 amide bonds. The Kier molecular flexibility index (Phi) is 4.97. The number of rotatable bonds is 6. The van der Waals surface area contributed by atoms with Crippen molar-refractivity contribution in [3.8, 4) is 0 Å². The van der Waals surface area contributed by atoms with E-state index in [4.69, 9.17) is 0 Å². The lowest BCUT2D eigenvalue weighted by Crippen LogP contribution is -2.22. The molecule has 0 aliphatic carbocycles. The third-order valence-electron chi connectivity index (χ3n) is 4.50. The lowest BCUT2D eigenvalue weighted by Gasteiger charge is -2.12. The predicted octanol–water partition coefficient (Wildman–Crippen LogP) is 5.05. The molecule has 1 atom stereocenters. The van der Waals surface area contributed by atoms with E-state index in [1.165, 1.54) is 35.6 Å². The summed E-state index contributed by atoms with van der Waals surface area (Å²) in [6.45, 7) is 0. The quantitative estimate of drug-likeness (QED) is 0.195. The number of carbonyl (C=O) groups is 2. The lowest BCUT2D eigenvalue weighted by molar-refractivity contribution is -0.384. The molecule has 29 heavy (non-hydrogen) atoms. The third-order valence-corrected chi connectivity index (χ3v) is 5.60. The first-order valence-corrected chi connectivity index (χ1v) is 9.59. The Morgan fingerprint density at radius 2 is 1.41 bits per heavy atom. The number of non-ortho nitro benzene ring substituents is 1. The van der Waals surface area contributed by atoms with Crippen molar-refractivity contribution in [2.45, 2.75) is 5.92 Å². The summed E-state index contributed by atoms with van der Waals surface area (Å²) in [5.41, 5.74) is 1.23. The molecule has 0 N–H and O–H groups in total. The normalized spacial score (nSPS) is 11.9. The highest BCUT2D eigenvalue weighted by Gasteiger charge is 2.33. The van der Waals surface area contributed by atoms with Gasteiger partial charge in [-0.25, -0.2) is 4.98 Å². The molecule has 1 aromatic heterocycles. The van der Waals surface area contributed by atoms with Crippen LogP contribution >= 0.6 is 11.3 Å². The zero-order valence-corrected chi connectivity index (χ0v) is 15.8. The molecule has 0 saturated heterocycles. The molecule has 0 aliphatic rings. The van der Waals surface area contributed by atoms with Gasteiger partial charge in [0, 0.05) is 23.3 Å². The maximum atomic E-state index is 13.3. The number of hydrogen-bond donors (Lipinski definition) is 0. The minimum Gasteiger partial charge on any atom is -0.293 e. The van der Waals surface area contributed by atoms with Gasteiger partial charge in [0.2, 0.25) is 0 Å². The Hall–Kier alpha value is -3.71. The number of para-hydroxylation sites is 1.